The van der Waals surface area contributed by atoms with E-state index in [0.717, 1.165) is 4.90 Å². The second-order valence-corrected chi connectivity index (χ2v) is 5.64. The highest BCUT2D eigenvalue weighted by atomic mass is 19.4. The van der Waals surface area contributed by atoms with Crippen LogP contribution >= 0.6 is 0 Å². The first kappa shape index (κ1) is 20.4. The molecule has 2 aromatic carbocycles. The van der Waals surface area contributed by atoms with Crippen LogP contribution in [-0.4, -0.2) is 30.6 Å². The van der Waals surface area contributed by atoms with E-state index >= 15 is 0 Å². The third-order valence-corrected chi connectivity index (χ3v) is 3.60. The number of hydrogen-bond acceptors (Lipinski definition) is 2. The number of alkyl halides is 5. The van der Waals surface area contributed by atoms with Crippen molar-refractivity contribution >= 4 is 11.5 Å². The molecule has 2 aromatic rings. The number of carbonyl (C=O) groups is 1. The minimum atomic E-state index is -4.69. The van der Waals surface area contributed by atoms with Gasteiger partial charge < -0.3 is 9.64 Å². The SMILES string of the molecule is CN(Cc1ccc(OC(F)F)cc1)C(=O)/C=C(/c1ccccc1)C(F)(F)F. The van der Waals surface area contributed by atoms with E-state index < -0.39 is 24.3 Å². The number of likely N-dealkylation sites (N-methyl/N-ethyl adjacent to an activating group) is 1. The Morgan fingerprint density at radius 3 is 2.19 bits per heavy atom. The number of ether oxygens (including phenoxy) is 1. The number of nitrogens with zero attached hydrogens (tertiary/aromatic N) is 1. The van der Waals surface area contributed by atoms with Crippen LogP contribution in [0.5, 0.6) is 5.75 Å². The fourth-order valence-electron chi connectivity index (χ4n) is 2.31. The van der Waals surface area contributed by atoms with Crippen LogP contribution in [0.25, 0.3) is 5.57 Å². The van der Waals surface area contributed by atoms with Crippen molar-refractivity contribution in [1.82, 2.24) is 4.90 Å². The zero-order chi connectivity index (χ0) is 20.0. The number of rotatable bonds is 6. The molecule has 0 saturated carbocycles. The van der Waals surface area contributed by atoms with Crippen LogP contribution in [0.2, 0.25) is 0 Å². The zero-order valence-electron chi connectivity index (χ0n) is 14.2. The van der Waals surface area contributed by atoms with Gasteiger partial charge in [0.2, 0.25) is 5.91 Å². The van der Waals surface area contributed by atoms with Gasteiger partial charge in [0.05, 0.1) is 5.57 Å². The molecule has 0 radical (unpaired) electrons. The van der Waals surface area contributed by atoms with E-state index in [1.807, 2.05) is 0 Å². The number of allylic oxidation sites excluding steroid dienone is 1. The van der Waals surface area contributed by atoms with Gasteiger partial charge in [-0.1, -0.05) is 42.5 Å². The van der Waals surface area contributed by atoms with Crippen LogP contribution in [-0.2, 0) is 11.3 Å². The van der Waals surface area contributed by atoms with Gasteiger partial charge in [0.1, 0.15) is 5.75 Å². The first-order valence-corrected chi connectivity index (χ1v) is 7.80. The molecule has 0 aliphatic carbocycles. The molecule has 0 bridgehead atoms. The molecule has 0 aliphatic rings. The molecule has 0 atom stereocenters. The summed E-state index contributed by atoms with van der Waals surface area (Å²) in [5.74, 6) is -0.884. The molecule has 0 spiro atoms. The molecule has 8 heteroatoms. The Bertz CT molecular complexity index is 786. The van der Waals surface area contributed by atoms with Crippen molar-refractivity contribution in [3.8, 4) is 5.75 Å². The van der Waals surface area contributed by atoms with Gasteiger partial charge >= 0.3 is 12.8 Å². The van der Waals surface area contributed by atoms with Crippen LogP contribution in [0.4, 0.5) is 22.0 Å². The Kier molecular flexibility index (Phi) is 6.55. The molecule has 2 rings (SSSR count). The minimum absolute atomic E-state index is 0.00419. The highest BCUT2D eigenvalue weighted by Crippen LogP contribution is 2.33. The summed E-state index contributed by atoms with van der Waals surface area (Å²) >= 11 is 0. The molecule has 0 unspecified atom stereocenters. The molecule has 27 heavy (non-hydrogen) atoms. The lowest BCUT2D eigenvalue weighted by Crippen LogP contribution is -2.26. The van der Waals surface area contributed by atoms with Crippen LogP contribution < -0.4 is 4.74 Å². The maximum Gasteiger partial charge on any atom is 0.417 e. The van der Waals surface area contributed by atoms with Gasteiger partial charge in [0, 0.05) is 19.7 Å². The predicted molar refractivity (Wildman–Crippen MR) is 90.0 cm³/mol. The molecule has 1 amide bonds. The summed E-state index contributed by atoms with van der Waals surface area (Å²) in [6.45, 7) is -2.95. The topological polar surface area (TPSA) is 29.5 Å². The van der Waals surface area contributed by atoms with E-state index in [9.17, 15) is 26.7 Å². The number of halogens is 5. The number of amides is 1. The van der Waals surface area contributed by atoms with Crippen LogP contribution in [0, 0.1) is 0 Å². The molecule has 0 saturated heterocycles. The first-order chi connectivity index (χ1) is 12.7. The van der Waals surface area contributed by atoms with Gasteiger partial charge in [0.15, 0.2) is 0 Å². The van der Waals surface area contributed by atoms with Crippen LogP contribution in [0.1, 0.15) is 11.1 Å². The molecule has 0 fully saturated rings. The van der Waals surface area contributed by atoms with Crippen LogP contribution in [0.3, 0.4) is 0 Å². The van der Waals surface area contributed by atoms with Crippen molar-refractivity contribution in [1.29, 1.82) is 0 Å². The van der Waals surface area contributed by atoms with Gasteiger partial charge in [-0.25, -0.2) is 0 Å². The molecule has 3 nitrogen and oxygen atoms in total. The average Bonchev–Trinajstić information content (AvgIpc) is 2.60. The predicted octanol–water partition coefficient (Wildman–Crippen LogP) is 4.89. The molecule has 144 valence electrons. The summed E-state index contributed by atoms with van der Waals surface area (Å²) in [7, 11) is 1.35. The third kappa shape index (κ3) is 6.09. The van der Waals surface area contributed by atoms with E-state index in [0.29, 0.717) is 11.6 Å². The van der Waals surface area contributed by atoms with Crippen LogP contribution in [0.15, 0.2) is 60.7 Å². The Morgan fingerprint density at radius 1 is 1.07 bits per heavy atom. The normalized spacial score (nSPS) is 12.2. The second kappa shape index (κ2) is 8.66. The highest BCUT2D eigenvalue weighted by Gasteiger charge is 2.35. The van der Waals surface area contributed by atoms with Crippen molar-refractivity contribution in [2.45, 2.75) is 19.3 Å². The lowest BCUT2D eigenvalue weighted by molar-refractivity contribution is -0.125. The first-order valence-electron chi connectivity index (χ1n) is 7.80. The van der Waals surface area contributed by atoms with Crippen molar-refractivity contribution in [3.63, 3.8) is 0 Å². The molecule has 0 N–H and O–H groups in total. The van der Waals surface area contributed by atoms with E-state index in [1.165, 1.54) is 55.6 Å². The van der Waals surface area contributed by atoms with Crippen molar-refractivity contribution in [2.24, 2.45) is 0 Å². The van der Waals surface area contributed by atoms with Crippen molar-refractivity contribution in [3.05, 3.63) is 71.8 Å². The quantitative estimate of drug-likeness (QED) is 0.523. The Labute approximate surface area is 152 Å². The second-order valence-electron chi connectivity index (χ2n) is 5.64. The highest BCUT2D eigenvalue weighted by molar-refractivity contribution is 5.96. The smallest absolute Gasteiger partial charge is 0.417 e. The number of carbonyl (C=O) groups excluding carboxylic acids is 1. The average molecular weight is 385 g/mol. The van der Waals surface area contributed by atoms with Gasteiger partial charge in [-0.05, 0) is 23.3 Å². The number of benzene rings is 2. The summed E-state index contributed by atoms with van der Waals surface area (Å²) in [4.78, 5) is 13.3. The standard InChI is InChI=1S/C19H16F5NO2/c1-25(12-13-7-9-15(10-8-13)27-18(20)21)17(26)11-16(19(22,23)24)14-5-3-2-4-6-14/h2-11,18H,12H2,1H3/b16-11-. The lowest BCUT2D eigenvalue weighted by Gasteiger charge is -2.18. The molecule has 0 heterocycles. The maximum absolute atomic E-state index is 13.3. The van der Waals surface area contributed by atoms with Gasteiger partial charge in [-0.15, -0.1) is 0 Å². The fourth-order valence-corrected chi connectivity index (χ4v) is 2.31. The minimum Gasteiger partial charge on any atom is -0.435 e. The summed E-state index contributed by atoms with van der Waals surface area (Å²) in [5.41, 5.74) is -0.602. The summed E-state index contributed by atoms with van der Waals surface area (Å²) in [6.07, 6.45) is -4.14. The maximum atomic E-state index is 13.3. The Hall–Kier alpha value is -2.90. The fraction of sp³-hybridized carbons (Fsp3) is 0.211. The van der Waals surface area contributed by atoms with E-state index in [-0.39, 0.29) is 17.9 Å². The van der Waals surface area contributed by atoms with Gasteiger partial charge in [-0.3, -0.25) is 4.79 Å². The van der Waals surface area contributed by atoms with Crippen molar-refractivity contribution < 1.29 is 31.5 Å². The summed E-state index contributed by atoms with van der Waals surface area (Å²) < 4.78 is 68.3. The zero-order valence-corrected chi connectivity index (χ0v) is 14.2. The molecular weight excluding hydrogens is 369 g/mol. The summed E-state index contributed by atoms with van der Waals surface area (Å²) in [5, 5.41) is 0. The van der Waals surface area contributed by atoms with Gasteiger partial charge in [-0.2, -0.15) is 22.0 Å². The van der Waals surface area contributed by atoms with E-state index in [4.69, 9.17) is 0 Å². The summed E-state index contributed by atoms with van der Waals surface area (Å²) in [6, 6.07) is 12.5. The molecule has 0 aliphatic heterocycles. The van der Waals surface area contributed by atoms with E-state index in [1.54, 1.807) is 6.07 Å². The largest absolute Gasteiger partial charge is 0.435 e. The van der Waals surface area contributed by atoms with E-state index in [2.05, 4.69) is 4.74 Å². The Morgan fingerprint density at radius 2 is 1.67 bits per heavy atom. The Balaban J connectivity index is 2.14. The van der Waals surface area contributed by atoms with Crippen molar-refractivity contribution in [2.75, 3.05) is 7.05 Å². The molecule has 0 aromatic heterocycles. The van der Waals surface area contributed by atoms with Gasteiger partial charge in [0.25, 0.3) is 0 Å². The number of hydrogen-bond donors (Lipinski definition) is 0. The monoisotopic (exact) mass is 385 g/mol. The lowest BCUT2D eigenvalue weighted by atomic mass is 10.0. The molecular formula is C19H16F5NO2. The third-order valence-electron chi connectivity index (χ3n) is 3.60.